The maximum Gasteiger partial charge on any atom is 0.337 e. The summed E-state index contributed by atoms with van der Waals surface area (Å²) in [4.78, 5) is 16.0. The highest BCUT2D eigenvalue weighted by atomic mass is 16.5. The van der Waals surface area contributed by atoms with Crippen LogP contribution < -0.4 is 10.5 Å². The fourth-order valence-corrected chi connectivity index (χ4v) is 1.93. The lowest BCUT2D eigenvalue weighted by molar-refractivity contribution is 0.0600. The van der Waals surface area contributed by atoms with Crippen LogP contribution in [0.3, 0.4) is 0 Å². The molecule has 1 aromatic heterocycles. The molecule has 0 unspecified atom stereocenters. The van der Waals surface area contributed by atoms with Crippen LogP contribution in [0.15, 0.2) is 30.3 Å². The molecular formula is C16H18N2O3. The van der Waals surface area contributed by atoms with Crippen LogP contribution in [0.4, 0.5) is 5.69 Å². The Balaban J connectivity index is 2.37. The van der Waals surface area contributed by atoms with Gasteiger partial charge in [-0.2, -0.15) is 0 Å². The number of nitrogens with zero attached hydrogens (tertiary/aromatic N) is 1. The number of hydrogen-bond acceptors (Lipinski definition) is 5. The number of carbonyl (C=O) groups is 1. The molecule has 0 saturated heterocycles. The molecule has 2 N–H and O–H groups in total. The van der Waals surface area contributed by atoms with Crippen LogP contribution in [0.25, 0.3) is 0 Å². The van der Waals surface area contributed by atoms with Gasteiger partial charge in [-0.1, -0.05) is 6.92 Å². The van der Waals surface area contributed by atoms with Gasteiger partial charge >= 0.3 is 5.97 Å². The molecule has 110 valence electrons. The number of nitrogens with two attached hydrogens (primary N) is 1. The maximum atomic E-state index is 11.6. The predicted molar refractivity (Wildman–Crippen MR) is 80.6 cm³/mol. The van der Waals surface area contributed by atoms with Crippen LogP contribution in [0, 0.1) is 6.92 Å². The van der Waals surface area contributed by atoms with Crippen LogP contribution in [0.5, 0.6) is 11.5 Å². The molecule has 5 nitrogen and oxygen atoms in total. The molecule has 0 spiro atoms. The summed E-state index contributed by atoms with van der Waals surface area (Å²) >= 11 is 0. The summed E-state index contributed by atoms with van der Waals surface area (Å²) in [5, 5.41) is 0. The van der Waals surface area contributed by atoms with Gasteiger partial charge in [0.25, 0.3) is 0 Å². The first-order valence-corrected chi connectivity index (χ1v) is 6.67. The van der Waals surface area contributed by atoms with Crippen molar-refractivity contribution >= 4 is 11.7 Å². The molecule has 0 aliphatic heterocycles. The van der Waals surface area contributed by atoms with E-state index in [2.05, 4.69) is 4.98 Å². The molecule has 0 bridgehead atoms. The van der Waals surface area contributed by atoms with Crippen molar-refractivity contribution in [3.8, 4) is 11.5 Å². The molecule has 0 aliphatic carbocycles. The van der Waals surface area contributed by atoms with Crippen LogP contribution in [-0.2, 0) is 11.2 Å². The van der Waals surface area contributed by atoms with Gasteiger partial charge < -0.3 is 15.2 Å². The van der Waals surface area contributed by atoms with E-state index in [1.807, 2.05) is 26.0 Å². The standard InChI is InChI=1S/C16H18N2O3/c1-4-13-14(8-5-10(2)18-13)21-15-9-11(16(19)20-3)6-7-12(15)17/h5-9H,4,17H2,1-3H3. The van der Waals surface area contributed by atoms with Crippen molar-refractivity contribution in [1.82, 2.24) is 4.98 Å². The molecule has 5 heteroatoms. The van der Waals surface area contributed by atoms with E-state index in [0.29, 0.717) is 22.7 Å². The minimum absolute atomic E-state index is 0.389. The number of methoxy groups -OCH3 is 1. The van der Waals surface area contributed by atoms with E-state index in [4.69, 9.17) is 15.2 Å². The number of ether oxygens (including phenoxy) is 2. The van der Waals surface area contributed by atoms with Crippen LogP contribution >= 0.6 is 0 Å². The molecule has 0 saturated carbocycles. The fourth-order valence-electron chi connectivity index (χ4n) is 1.93. The second kappa shape index (κ2) is 6.26. The lowest BCUT2D eigenvalue weighted by Gasteiger charge is -2.12. The normalized spacial score (nSPS) is 10.2. The Morgan fingerprint density at radius 3 is 2.67 bits per heavy atom. The number of anilines is 1. The van der Waals surface area contributed by atoms with Crippen LogP contribution in [0.2, 0.25) is 0 Å². The van der Waals surface area contributed by atoms with Gasteiger partial charge in [0, 0.05) is 5.69 Å². The number of aromatic nitrogens is 1. The number of hydrogen-bond donors (Lipinski definition) is 1. The molecule has 0 radical (unpaired) electrons. The van der Waals surface area contributed by atoms with Crippen molar-refractivity contribution < 1.29 is 14.3 Å². The van der Waals surface area contributed by atoms with Gasteiger partial charge in [-0.3, -0.25) is 4.98 Å². The largest absolute Gasteiger partial charge is 0.465 e. The Bertz CT molecular complexity index is 669. The van der Waals surface area contributed by atoms with Crippen molar-refractivity contribution in [2.75, 3.05) is 12.8 Å². The van der Waals surface area contributed by atoms with Gasteiger partial charge in [-0.25, -0.2) is 4.79 Å². The molecule has 2 rings (SSSR count). The molecule has 0 aliphatic rings. The molecule has 0 atom stereocenters. The first-order chi connectivity index (χ1) is 10.0. The van der Waals surface area contributed by atoms with E-state index in [-0.39, 0.29) is 0 Å². The van der Waals surface area contributed by atoms with E-state index in [1.54, 1.807) is 18.2 Å². The Morgan fingerprint density at radius 1 is 1.24 bits per heavy atom. The first kappa shape index (κ1) is 14.8. The maximum absolute atomic E-state index is 11.6. The van der Waals surface area contributed by atoms with E-state index in [1.165, 1.54) is 7.11 Å². The molecule has 21 heavy (non-hydrogen) atoms. The zero-order chi connectivity index (χ0) is 15.4. The lowest BCUT2D eigenvalue weighted by Crippen LogP contribution is -2.03. The number of esters is 1. The van der Waals surface area contributed by atoms with Gasteiger partial charge in [0.15, 0.2) is 5.75 Å². The van der Waals surface area contributed by atoms with Crippen molar-refractivity contribution in [2.45, 2.75) is 20.3 Å². The van der Waals surface area contributed by atoms with Gasteiger partial charge in [0.1, 0.15) is 5.75 Å². The Labute approximate surface area is 123 Å². The number of carbonyl (C=O) groups excluding carboxylic acids is 1. The van der Waals surface area contributed by atoms with E-state index in [9.17, 15) is 4.79 Å². The average molecular weight is 286 g/mol. The summed E-state index contributed by atoms with van der Waals surface area (Å²) in [6.07, 6.45) is 0.744. The molecule has 0 fully saturated rings. The van der Waals surface area contributed by atoms with Gasteiger partial charge in [0.2, 0.25) is 0 Å². The number of nitrogen functional groups attached to an aromatic ring is 1. The number of pyridine rings is 1. The topological polar surface area (TPSA) is 74.4 Å². The van der Waals surface area contributed by atoms with E-state index in [0.717, 1.165) is 17.8 Å². The van der Waals surface area contributed by atoms with Gasteiger partial charge in [-0.05, 0) is 43.7 Å². The SMILES string of the molecule is CCc1nc(C)ccc1Oc1cc(C(=O)OC)ccc1N. The highest BCUT2D eigenvalue weighted by molar-refractivity contribution is 5.90. The first-order valence-electron chi connectivity index (χ1n) is 6.67. The van der Waals surface area contributed by atoms with Crippen molar-refractivity contribution in [1.29, 1.82) is 0 Å². The Hall–Kier alpha value is -2.56. The number of rotatable bonds is 4. The third-order valence-corrected chi connectivity index (χ3v) is 3.06. The zero-order valence-corrected chi connectivity index (χ0v) is 12.3. The minimum atomic E-state index is -0.433. The summed E-state index contributed by atoms with van der Waals surface area (Å²) in [5.74, 6) is 0.618. The minimum Gasteiger partial charge on any atom is -0.465 e. The second-order valence-corrected chi connectivity index (χ2v) is 4.60. The van der Waals surface area contributed by atoms with Crippen LogP contribution in [-0.4, -0.2) is 18.1 Å². The summed E-state index contributed by atoms with van der Waals surface area (Å²) in [6.45, 7) is 3.93. The summed E-state index contributed by atoms with van der Waals surface area (Å²) in [6, 6.07) is 8.51. The third-order valence-electron chi connectivity index (χ3n) is 3.06. The molecular weight excluding hydrogens is 268 g/mol. The molecule has 2 aromatic rings. The predicted octanol–water partition coefficient (Wildman–Crippen LogP) is 3.11. The second-order valence-electron chi connectivity index (χ2n) is 4.60. The van der Waals surface area contributed by atoms with Gasteiger partial charge in [-0.15, -0.1) is 0 Å². The number of benzene rings is 1. The summed E-state index contributed by atoms with van der Waals surface area (Å²) in [5.41, 5.74) is 8.51. The van der Waals surface area contributed by atoms with Crippen molar-refractivity contribution in [2.24, 2.45) is 0 Å². The van der Waals surface area contributed by atoms with E-state index < -0.39 is 5.97 Å². The average Bonchev–Trinajstić information content (AvgIpc) is 2.50. The number of aryl methyl sites for hydroxylation is 2. The summed E-state index contributed by atoms with van der Waals surface area (Å²) in [7, 11) is 1.33. The zero-order valence-electron chi connectivity index (χ0n) is 12.3. The Kier molecular flexibility index (Phi) is 4.42. The quantitative estimate of drug-likeness (QED) is 0.690. The molecule has 1 heterocycles. The van der Waals surface area contributed by atoms with Crippen LogP contribution in [0.1, 0.15) is 28.7 Å². The van der Waals surface area contributed by atoms with Crippen molar-refractivity contribution in [3.05, 3.63) is 47.3 Å². The lowest BCUT2D eigenvalue weighted by atomic mass is 10.2. The van der Waals surface area contributed by atoms with Crippen molar-refractivity contribution in [3.63, 3.8) is 0 Å². The highest BCUT2D eigenvalue weighted by Crippen LogP contribution is 2.30. The fraction of sp³-hybridized carbons (Fsp3) is 0.250. The Morgan fingerprint density at radius 2 is 2.00 bits per heavy atom. The van der Waals surface area contributed by atoms with Gasteiger partial charge in [0.05, 0.1) is 24.1 Å². The molecule has 0 amide bonds. The van der Waals surface area contributed by atoms with E-state index >= 15 is 0 Å². The smallest absolute Gasteiger partial charge is 0.337 e. The monoisotopic (exact) mass is 286 g/mol. The third kappa shape index (κ3) is 3.31. The highest BCUT2D eigenvalue weighted by Gasteiger charge is 2.12. The summed E-state index contributed by atoms with van der Waals surface area (Å²) < 4.78 is 10.5. The molecule has 1 aromatic carbocycles.